The highest BCUT2D eigenvalue weighted by Crippen LogP contribution is 2.25. The average Bonchev–Trinajstić information content (AvgIpc) is 2.10. The van der Waals surface area contributed by atoms with Crippen LogP contribution < -0.4 is 5.32 Å². The molecule has 0 aliphatic heterocycles. The Morgan fingerprint density at radius 1 is 1.58 bits per heavy atom. The Morgan fingerprint density at radius 2 is 2.25 bits per heavy atom. The number of rotatable bonds is 1. The number of benzene rings is 1. The molecule has 0 fully saturated rings. The van der Waals surface area contributed by atoms with Gasteiger partial charge in [0.05, 0.1) is 15.7 Å². The van der Waals surface area contributed by atoms with Crippen molar-refractivity contribution in [3.05, 3.63) is 28.0 Å². The van der Waals surface area contributed by atoms with Crippen LogP contribution in [0, 0.1) is 17.1 Å². The molecule has 0 saturated carbocycles. The van der Waals surface area contributed by atoms with Crippen molar-refractivity contribution in [2.24, 2.45) is 0 Å². The van der Waals surface area contributed by atoms with Gasteiger partial charge in [-0.05, 0) is 28.1 Å². The van der Waals surface area contributed by atoms with Crippen molar-refractivity contribution in [2.75, 3.05) is 12.4 Å². The first kappa shape index (κ1) is 9.01. The smallest absolute Gasteiger partial charge is 0.161 e. The molecule has 0 radical (unpaired) electrons. The van der Waals surface area contributed by atoms with Gasteiger partial charge in [-0.1, -0.05) is 0 Å². The first-order valence-electron chi connectivity index (χ1n) is 3.26. The third-order valence-electron chi connectivity index (χ3n) is 1.47. The van der Waals surface area contributed by atoms with E-state index in [-0.39, 0.29) is 4.47 Å². The molecule has 1 aromatic carbocycles. The maximum Gasteiger partial charge on any atom is 0.161 e. The van der Waals surface area contributed by atoms with E-state index in [9.17, 15) is 4.39 Å². The zero-order valence-electron chi connectivity index (χ0n) is 6.36. The fraction of sp³-hybridized carbons (Fsp3) is 0.125. The molecular weight excluding hydrogens is 223 g/mol. The van der Waals surface area contributed by atoms with E-state index in [1.54, 1.807) is 13.1 Å². The first-order chi connectivity index (χ1) is 5.70. The Kier molecular flexibility index (Phi) is 2.66. The number of anilines is 1. The molecule has 0 aromatic heterocycles. The normalized spacial score (nSPS) is 9.17. The third-order valence-corrected chi connectivity index (χ3v) is 2.25. The third kappa shape index (κ3) is 1.41. The molecule has 0 amide bonds. The lowest BCUT2D eigenvalue weighted by atomic mass is 10.2. The molecule has 0 spiro atoms. The molecule has 0 heterocycles. The van der Waals surface area contributed by atoms with Gasteiger partial charge in [-0.15, -0.1) is 0 Å². The van der Waals surface area contributed by atoms with Crippen LogP contribution in [0.25, 0.3) is 0 Å². The number of halogens is 2. The molecule has 4 heteroatoms. The van der Waals surface area contributed by atoms with Gasteiger partial charge in [0.2, 0.25) is 0 Å². The van der Waals surface area contributed by atoms with Crippen molar-refractivity contribution in [1.82, 2.24) is 0 Å². The van der Waals surface area contributed by atoms with Crippen LogP contribution >= 0.6 is 15.9 Å². The zero-order chi connectivity index (χ0) is 9.14. The van der Waals surface area contributed by atoms with E-state index in [4.69, 9.17) is 5.26 Å². The van der Waals surface area contributed by atoms with Gasteiger partial charge in [-0.25, -0.2) is 4.39 Å². The van der Waals surface area contributed by atoms with E-state index in [0.29, 0.717) is 11.3 Å². The van der Waals surface area contributed by atoms with Gasteiger partial charge in [-0.2, -0.15) is 5.26 Å². The maximum absolute atomic E-state index is 13.2. The van der Waals surface area contributed by atoms with Crippen LogP contribution in [-0.4, -0.2) is 7.05 Å². The highest BCUT2D eigenvalue weighted by atomic mass is 79.9. The molecule has 0 bridgehead atoms. The minimum atomic E-state index is -0.434. The lowest BCUT2D eigenvalue weighted by Gasteiger charge is -2.03. The Bertz CT molecular complexity index is 344. The van der Waals surface area contributed by atoms with Gasteiger partial charge in [0.15, 0.2) is 5.82 Å². The van der Waals surface area contributed by atoms with Crippen LogP contribution in [0.15, 0.2) is 16.6 Å². The molecule has 62 valence electrons. The molecule has 0 atom stereocenters. The van der Waals surface area contributed by atoms with Gasteiger partial charge < -0.3 is 5.32 Å². The predicted octanol–water partition coefficient (Wildman–Crippen LogP) is 2.50. The van der Waals surface area contributed by atoms with Gasteiger partial charge in [-0.3, -0.25) is 0 Å². The zero-order valence-corrected chi connectivity index (χ0v) is 7.94. The summed E-state index contributed by atoms with van der Waals surface area (Å²) in [4.78, 5) is 0. The Labute approximate surface area is 78.1 Å². The largest absolute Gasteiger partial charge is 0.386 e. The van der Waals surface area contributed by atoms with Crippen molar-refractivity contribution in [3.8, 4) is 6.07 Å². The lowest BCUT2D eigenvalue weighted by Crippen LogP contribution is -1.94. The fourth-order valence-electron chi connectivity index (χ4n) is 0.829. The topological polar surface area (TPSA) is 35.8 Å². The van der Waals surface area contributed by atoms with Crippen LogP contribution in [0.4, 0.5) is 10.1 Å². The summed E-state index contributed by atoms with van der Waals surface area (Å²) >= 11 is 2.99. The summed E-state index contributed by atoms with van der Waals surface area (Å²) in [6.07, 6.45) is 0. The molecule has 1 aromatic rings. The molecule has 1 N–H and O–H groups in total. The van der Waals surface area contributed by atoms with Crippen LogP contribution in [0.5, 0.6) is 0 Å². The minimum absolute atomic E-state index is 0.205. The van der Waals surface area contributed by atoms with E-state index in [1.807, 2.05) is 6.07 Å². The van der Waals surface area contributed by atoms with Crippen molar-refractivity contribution in [1.29, 1.82) is 5.26 Å². The first-order valence-corrected chi connectivity index (χ1v) is 4.06. The summed E-state index contributed by atoms with van der Waals surface area (Å²) in [6.45, 7) is 0. The molecule has 0 aliphatic carbocycles. The molecule has 0 aliphatic rings. The van der Waals surface area contributed by atoms with Crippen LogP contribution in [0.3, 0.4) is 0 Å². The van der Waals surface area contributed by atoms with Gasteiger partial charge in [0.1, 0.15) is 6.07 Å². The standard InChI is InChI=1S/C8H6BrFN2/c1-12-6-3-2-5(4-11)7(9)8(6)10/h2-3,12H,1H3. The summed E-state index contributed by atoms with van der Waals surface area (Å²) in [5.74, 6) is -0.434. The van der Waals surface area contributed by atoms with E-state index < -0.39 is 5.82 Å². The summed E-state index contributed by atoms with van der Waals surface area (Å²) in [6, 6.07) is 4.95. The highest BCUT2D eigenvalue weighted by Gasteiger charge is 2.08. The van der Waals surface area contributed by atoms with Crippen molar-refractivity contribution >= 4 is 21.6 Å². The second-order valence-electron chi connectivity index (χ2n) is 2.15. The van der Waals surface area contributed by atoms with Gasteiger partial charge >= 0.3 is 0 Å². The van der Waals surface area contributed by atoms with Gasteiger partial charge in [0, 0.05) is 7.05 Å². The number of nitriles is 1. The quantitative estimate of drug-likeness (QED) is 0.802. The van der Waals surface area contributed by atoms with E-state index >= 15 is 0 Å². The molecule has 2 nitrogen and oxygen atoms in total. The average molecular weight is 229 g/mol. The molecule has 0 unspecified atom stereocenters. The van der Waals surface area contributed by atoms with E-state index in [0.717, 1.165) is 0 Å². The van der Waals surface area contributed by atoms with Gasteiger partial charge in [0.25, 0.3) is 0 Å². The van der Waals surface area contributed by atoms with Crippen molar-refractivity contribution in [2.45, 2.75) is 0 Å². The molecular formula is C8H6BrFN2. The van der Waals surface area contributed by atoms with E-state index in [2.05, 4.69) is 21.2 Å². The maximum atomic E-state index is 13.2. The van der Waals surface area contributed by atoms with Crippen molar-refractivity contribution in [3.63, 3.8) is 0 Å². The minimum Gasteiger partial charge on any atom is -0.386 e. The molecule has 12 heavy (non-hydrogen) atoms. The second kappa shape index (κ2) is 3.55. The number of hydrogen-bond acceptors (Lipinski definition) is 2. The van der Waals surface area contributed by atoms with E-state index in [1.165, 1.54) is 6.07 Å². The number of nitrogens with zero attached hydrogens (tertiary/aromatic N) is 1. The summed E-state index contributed by atoms with van der Waals surface area (Å²) < 4.78 is 13.4. The summed E-state index contributed by atoms with van der Waals surface area (Å²) in [7, 11) is 1.62. The van der Waals surface area contributed by atoms with Crippen molar-refractivity contribution < 1.29 is 4.39 Å². The fourth-order valence-corrected chi connectivity index (χ4v) is 1.26. The highest BCUT2D eigenvalue weighted by molar-refractivity contribution is 9.10. The van der Waals surface area contributed by atoms with Crippen LogP contribution in [0.1, 0.15) is 5.56 Å². The van der Waals surface area contributed by atoms with Crippen LogP contribution in [0.2, 0.25) is 0 Å². The number of nitrogens with one attached hydrogen (secondary N) is 1. The Balaban J connectivity index is 3.32. The Morgan fingerprint density at radius 3 is 2.75 bits per heavy atom. The SMILES string of the molecule is CNc1ccc(C#N)c(Br)c1F. The monoisotopic (exact) mass is 228 g/mol. The predicted molar refractivity (Wildman–Crippen MR) is 48.4 cm³/mol. The Hall–Kier alpha value is -1.08. The second-order valence-corrected chi connectivity index (χ2v) is 2.94. The molecule has 1 rings (SSSR count). The molecule has 0 saturated heterocycles. The lowest BCUT2D eigenvalue weighted by molar-refractivity contribution is 0.624. The summed E-state index contributed by atoms with van der Waals surface area (Å²) in [5.41, 5.74) is 0.673. The number of hydrogen-bond donors (Lipinski definition) is 1. The van der Waals surface area contributed by atoms with Crippen LogP contribution in [-0.2, 0) is 0 Å². The summed E-state index contributed by atoms with van der Waals surface area (Å²) in [5, 5.41) is 11.2.